The van der Waals surface area contributed by atoms with E-state index in [9.17, 15) is 4.79 Å². The van der Waals surface area contributed by atoms with Crippen molar-refractivity contribution in [3.63, 3.8) is 0 Å². The highest BCUT2D eigenvalue weighted by Crippen LogP contribution is 2.22. The Morgan fingerprint density at radius 2 is 2.15 bits per heavy atom. The van der Waals surface area contributed by atoms with Crippen LogP contribution >= 0.6 is 11.6 Å². The van der Waals surface area contributed by atoms with Crippen LogP contribution in [0.3, 0.4) is 0 Å². The molecule has 0 aliphatic carbocycles. The average Bonchev–Trinajstić information content (AvgIpc) is 2.42. The zero-order valence-corrected chi connectivity index (χ0v) is 13.2. The number of nitrogens with zero attached hydrogens (tertiary/aromatic N) is 1. The lowest BCUT2D eigenvalue weighted by molar-refractivity contribution is -0.120. The van der Waals surface area contributed by atoms with Gasteiger partial charge < -0.3 is 11.1 Å². The van der Waals surface area contributed by atoms with E-state index in [2.05, 4.69) is 17.1 Å². The van der Waals surface area contributed by atoms with E-state index in [0.717, 1.165) is 13.0 Å². The molecule has 5 heteroatoms. The second-order valence-electron chi connectivity index (χ2n) is 5.09. The maximum absolute atomic E-state index is 12.2. The van der Waals surface area contributed by atoms with Gasteiger partial charge in [-0.25, -0.2) is 0 Å². The maximum atomic E-state index is 12.2. The number of halogens is 1. The third kappa shape index (κ3) is 5.02. The minimum Gasteiger partial charge on any atom is -0.397 e. The molecule has 0 aliphatic heterocycles. The molecular formula is C15H24ClN3O. The van der Waals surface area contributed by atoms with Crippen molar-refractivity contribution in [2.45, 2.75) is 39.2 Å². The van der Waals surface area contributed by atoms with Crippen LogP contribution < -0.4 is 11.1 Å². The Balaban J connectivity index is 2.54. The topological polar surface area (TPSA) is 58.4 Å². The summed E-state index contributed by atoms with van der Waals surface area (Å²) in [5.74, 6) is -0.0364. The molecule has 112 valence electrons. The second-order valence-corrected chi connectivity index (χ2v) is 5.50. The van der Waals surface area contributed by atoms with Gasteiger partial charge in [0.1, 0.15) is 0 Å². The molecule has 1 aromatic rings. The molecule has 0 fully saturated rings. The van der Waals surface area contributed by atoms with Crippen LogP contribution in [0.4, 0.5) is 11.4 Å². The Morgan fingerprint density at radius 3 is 2.75 bits per heavy atom. The molecule has 1 aromatic carbocycles. The quantitative estimate of drug-likeness (QED) is 0.599. The number of nitrogens with two attached hydrogens (primary N) is 1. The standard InChI is InChI=1S/C15H24ClN3O/c1-4-5-6-9-19(3)11(2)15(20)18-12-7-8-13(16)14(17)10-12/h7-8,10-11H,4-6,9,17H2,1-3H3,(H,18,20). The second kappa shape index (κ2) is 8.12. The molecule has 3 N–H and O–H groups in total. The Bertz CT molecular complexity index is 451. The summed E-state index contributed by atoms with van der Waals surface area (Å²) in [5.41, 5.74) is 6.86. The van der Waals surface area contributed by atoms with Crippen molar-refractivity contribution in [3.8, 4) is 0 Å². The summed E-state index contributed by atoms with van der Waals surface area (Å²) in [5, 5.41) is 3.36. The molecule has 4 nitrogen and oxygen atoms in total. The fourth-order valence-electron chi connectivity index (χ4n) is 1.87. The van der Waals surface area contributed by atoms with Crippen molar-refractivity contribution in [2.75, 3.05) is 24.6 Å². The molecule has 0 heterocycles. The van der Waals surface area contributed by atoms with Crippen LogP contribution in [0.5, 0.6) is 0 Å². The van der Waals surface area contributed by atoms with E-state index in [0.29, 0.717) is 16.4 Å². The minimum absolute atomic E-state index is 0.0364. The van der Waals surface area contributed by atoms with Crippen molar-refractivity contribution in [1.82, 2.24) is 4.90 Å². The van der Waals surface area contributed by atoms with Crippen molar-refractivity contribution in [3.05, 3.63) is 23.2 Å². The highest BCUT2D eigenvalue weighted by atomic mass is 35.5. The van der Waals surface area contributed by atoms with Gasteiger partial charge in [-0.2, -0.15) is 0 Å². The van der Waals surface area contributed by atoms with E-state index in [4.69, 9.17) is 17.3 Å². The molecule has 0 aliphatic rings. The Hall–Kier alpha value is -1.26. The fourth-order valence-corrected chi connectivity index (χ4v) is 1.99. The molecule has 0 saturated heterocycles. The van der Waals surface area contributed by atoms with Crippen molar-refractivity contribution < 1.29 is 4.79 Å². The zero-order valence-electron chi connectivity index (χ0n) is 12.4. The van der Waals surface area contributed by atoms with Crippen molar-refractivity contribution >= 4 is 28.9 Å². The first-order valence-corrected chi connectivity index (χ1v) is 7.39. The number of anilines is 2. The Kier molecular flexibility index (Phi) is 6.82. The lowest BCUT2D eigenvalue weighted by Gasteiger charge is -2.23. The van der Waals surface area contributed by atoms with Gasteiger partial charge >= 0.3 is 0 Å². The van der Waals surface area contributed by atoms with E-state index >= 15 is 0 Å². The van der Waals surface area contributed by atoms with Crippen LogP contribution in [0.15, 0.2) is 18.2 Å². The largest absolute Gasteiger partial charge is 0.397 e. The lowest BCUT2D eigenvalue weighted by atomic mass is 10.2. The van der Waals surface area contributed by atoms with Gasteiger partial charge in [0.05, 0.1) is 16.8 Å². The number of rotatable bonds is 7. The van der Waals surface area contributed by atoms with Gasteiger partial charge in [0.15, 0.2) is 0 Å². The first-order valence-electron chi connectivity index (χ1n) is 7.01. The predicted octanol–water partition coefficient (Wildman–Crippen LogP) is 3.37. The van der Waals surface area contributed by atoms with Crippen LogP contribution in [-0.4, -0.2) is 30.4 Å². The van der Waals surface area contributed by atoms with E-state index in [1.54, 1.807) is 18.2 Å². The molecule has 0 saturated carbocycles. The van der Waals surface area contributed by atoms with E-state index in [1.807, 2.05) is 14.0 Å². The molecule has 1 atom stereocenters. The third-order valence-electron chi connectivity index (χ3n) is 3.42. The fraction of sp³-hybridized carbons (Fsp3) is 0.533. The zero-order chi connectivity index (χ0) is 15.1. The number of nitrogens with one attached hydrogen (secondary N) is 1. The lowest BCUT2D eigenvalue weighted by Crippen LogP contribution is -2.40. The first kappa shape index (κ1) is 16.8. The van der Waals surface area contributed by atoms with E-state index in [1.165, 1.54) is 12.8 Å². The highest BCUT2D eigenvalue weighted by Gasteiger charge is 2.17. The summed E-state index contributed by atoms with van der Waals surface area (Å²) in [4.78, 5) is 14.2. The summed E-state index contributed by atoms with van der Waals surface area (Å²) >= 11 is 5.86. The number of hydrogen-bond acceptors (Lipinski definition) is 3. The van der Waals surface area contributed by atoms with Crippen LogP contribution in [0, 0.1) is 0 Å². The predicted molar refractivity (Wildman–Crippen MR) is 86.1 cm³/mol. The van der Waals surface area contributed by atoms with Crippen molar-refractivity contribution in [1.29, 1.82) is 0 Å². The summed E-state index contributed by atoms with van der Waals surface area (Å²) in [6.45, 7) is 4.99. The first-order chi connectivity index (χ1) is 9.45. The third-order valence-corrected chi connectivity index (χ3v) is 3.76. The molecule has 0 aromatic heterocycles. The SMILES string of the molecule is CCCCCN(C)C(C)C(=O)Nc1ccc(Cl)c(N)c1. The number of carbonyl (C=O) groups is 1. The van der Waals surface area contributed by atoms with Gasteiger partial charge in [0.2, 0.25) is 5.91 Å². The summed E-state index contributed by atoms with van der Waals surface area (Å²) in [6, 6.07) is 4.93. The summed E-state index contributed by atoms with van der Waals surface area (Å²) in [7, 11) is 1.97. The number of likely N-dealkylation sites (N-methyl/N-ethyl adjacent to an activating group) is 1. The highest BCUT2D eigenvalue weighted by molar-refractivity contribution is 6.33. The van der Waals surface area contributed by atoms with Crippen molar-refractivity contribution in [2.24, 2.45) is 0 Å². The molecule has 1 rings (SSSR count). The smallest absolute Gasteiger partial charge is 0.241 e. The van der Waals surface area contributed by atoms with Gasteiger partial charge in [-0.05, 0) is 45.1 Å². The van der Waals surface area contributed by atoms with E-state index in [-0.39, 0.29) is 11.9 Å². The van der Waals surface area contributed by atoms with Crippen LogP contribution in [0.2, 0.25) is 5.02 Å². The van der Waals surface area contributed by atoms with Gasteiger partial charge in [-0.3, -0.25) is 9.69 Å². The van der Waals surface area contributed by atoms with Crippen LogP contribution in [0.25, 0.3) is 0 Å². The number of unbranched alkanes of at least 4 members (excludes halogenated alkanes) is 2. The molecule has 0 spiro atoms. The summed E-state index contributed by atoms with van der Waals surface area (Å²) < 4.78 is 0. The Morgan fingerprint density at radius 1 is 1.45 bits per heavy atom. The summed E-state index contributed by atoms with van der Waals surface area (Å²) in [6.07, 6.45) is 3.48. The van der Waals surface area contributed by atoms with Crippen LogP contribution in [-0.2, 0) is 4.79 Å². The van der Waals surface area contributed by atoms with E-state index < -0.39 is 0 Å². The minimum atomic E-state index is -0.177. The monoisotopic (exact) mass is 297 g/mol. The Labute approximate surface area is 126 Å². The number of amides is 1. The average molecular weight is 298 g/mol. The molecule has 1 unspecified atom stereocenters. The van der Waals surface area contributed by atoms with Gasteiger partial charge in [0.25, 0.3) is 0 Å². The van der Waals surface area contributed by atoms with Gasteiger partial charge in [-0.15, -0.1) is 0 Å². The van der Waals surface area contributed by atoms with Gasteiger partial charge in [0, 0.05) is 5.69 Å². The number of nitrogen functional groups attached to an aromatic ring is 1. The molecule has 1 amide bonds. The normalized spacial score (nSPS) is 12.4. The number of carbonyl (C=O) groups excluding carboxylic acids is 1. The molecule has 0 radical (unpaired) electrons. The number of benzene rings is 1. The van der Waals surface area contributed by atoms with Gasteiger partial charge in [-0.1, -0.05) is 31.4 Å². The van der Waals surface area contributed by atoms with Crippen LogP contribution in [0.1, 0.15) is 33.1 Å². The maximum Gasteiger partial charge on any atom is 0.241 e. The number of hydrogen-bond donors (Lipinski definition) is 2. The molecular weight excluding hydrogens is 274 g/mol. The molecule has 20 heavy (non-hydrogen) atoms. The molecule has 0 bridgehead atoms.